The Kier molecular flexibility index (Phi) is 1.91. The zero-order valence-corrected chi connectivity index (χ0v) is 7.61. The number of carbonyl (C=O) groups is 1. The van der Waals surface area contributed by atoms with Crippen molar-refractivity contribution in [3.8, 4) is 0 Å². The molecule has 0 heterocycles. The van der Waals surface area contributed by atoms with Gasteiger partial charge in [0.05, 0.1) is 0 Å². The van der Waals surface area contributed by atoms with E-state index in [4.69, 9.17) is 0 Å². The molecule has 0 bridgehead atoms. The number of ketones is 1. The first-order chi connectivity index (χ1) is 4.98. The molecule has 0 amide bonds. The van der Waals surface area contributed by atoms with Crippen molar-refractivity contribution in [2.24, 2.45) is 11.3 Å². The maximum Gasteiger partial charge on any atom is 0.133 e. The van der Waals surface area contributed by atoms with E-state index in [1.807, 2.05) is 6.92 Å². The summed E-state index contributed by atoms with van der Waals surface area (Å²) in [5.41, 5.74) is 1.27. The molecule has 1 fully saturated rings. The topological polar surface area (TPSA) is 17.1 Å². The largest absolute Gasteiger partial charge is 0.300 e. The molecule has 2 unspecified atom stereocenters. The molecule has 2 atom stereocenters. The Bertz CT molecular complexity index is 205. The van der Waals surface area contributed by atoms with Gasteiger partial charge in [0.25, 0.3) is 0 Å². The third kappa shape index (κ3) is 1.13. The molecule has 1 aliphatic rings. The van der Waals surface area contributed by atoms with Crippen molar-refractivity contribution in [1.29, 1.82) is 0 Å². The van der Waals surface area contributed by atoms with Crippen LogP contribution in [0.1, 0.15) is 33.6 Å². The van der Waals surface area contributed by atoms with Crippen LogP contribution >= 0.6 is 0 Å². The van der Waals surface area contributed by atoms with Gasteiger partial charge in [-0.25, -0.2) is 0 Å². The first-order valence-electron chi connectivity index (χ1n) is 4.15. The van der Waals surface area contributed by atoms with Crippen molar-refractivity contribution in [3.63, 3.8) is 0 Å². The highest BCUT2D eigenvalue weighted by Crippen LogP contribution is 2.51. The van der Waals surface area contributed by atoms with Gasteiger partial charge >= 0.3 is 0 Å². The van der Waals surface area contributed by atoms with Gasteiger partial charge in [-0.3, -0.25) is 4.79 Å². The van der Waals surface area contributed by atoms with Crippen LogP contribution in [0, 0.1) is 11.3 Å². The number of allylic oxidation sites excluding steroid dienone is 1. The number of hydrogen-bond acceptors (Lipinski definition) is 1. The molecule has 0 saturated heterocycles. The van der Waals surface area contributed by atoms with Crippen LogP contribution in [-0.4, -0.2) is 5.78 Å². The summed E-state index contributed by atoms with van der Waals surface area (Å²) >= 11 is 0. The summed E-state index contributed by atoms with van der Waals surface area (Å²) in [5.74, 6) is 0.571. The molecule has 1 aliphatic carbocycles. The molecule has 0 aromatic carbocycles. The summed E-state index contributed by atoms with van der Waals surface area (Å²) in [6.07, 6.45) is 2.19. The van der Waals surface area contributed by atoms with Gasteiger partial charge < -0.3 is 0 Å². The molecule has 0 spiro atoms. The highest BCUT2D eigenvalue weighted by Gasteiger charge is 2.45. The maximum absolute atomic E-state index is 11.1. The second-order valence-corrected chi connectivity index (χ2v) is 3.90. The molecule has 0 aliphatic heterocycles. The van der Waals surface area contributed by atoms with Gasteiger partial charge in [0.2, 0.25) is 0 Å². The molecule has 1 nitrogen and oxygen atoms in total. The van der Waals surface area contributed by atoms with Crippen molar-refractivity contribution < 1.29 is 4.79 Å². The zero-order chi connectivity index (χ0) is 8.65. The van der Waals surface area contributed by atoms with Crippen molar-refractivity contribution in [2.75, 3.05) is 0 Å². The Morgan fingerprint density at radius 3 is 2.18 bits per heavy atom. The number of hydrogen-bond donors (Lipinski definition) is 0. The molecule has 0 N–H and O–H groups in total. The lowest BCUT2D eigenvalue weighted by molar-refractivity contribution is -0.128. The van der Waals surface area contributed by atoms with Crippen LogP contribution in [0.15, 0.2) is 12.2 Å². The lowest BCUT2D eigenvalue weighted by Gasteiger charge is -2.46. The molecule has 11 heavy (non-hydrogen) atoms. The van der Waals surface area contributed by atoms with Gasteiger partial charge in [-0.2, -0.15) is 0 Å². The molecule has 1 heteroatoms. The van der Waals surface area contributed by atoms with Gasteiger partial charge in [0.15, 0.2) is 0 Å². The van der Waals surface area contributed by atoms with Crippen molar-refractivity contribution in [2.45, 2.75) is 33.6 Å². The monoisotopic (exact) mass is 152 g/mol. The summed E-state index contributed by atoms with van der Waals surface area (Å²) < 4.78 is 0. The second kappa shape index (κ2) is 2.47. The molecule has 1 saturated carbocycles. The van der Waals surface area contributed by atoms with Crippen LogP contribution in [0.5, 0.6) is 0 Å². The van der Waals surface area contributed by atoms with E-state index >= 15 is 0 Å². The van der Waals surface area contributed by atoms with Crippen LogP contribution in [0.25, 0.3) is 0 Å². The zero-order valence-electron chi connectivity index (χ0n) is 7.61. The molecule has 1 rings (SSSR count). The Hall–Kier alpha value is -0.590. The van der Waals surface area contributed by atoms with Crippen LogP contribution in [0.2, 0.25) is 0 Å². The van der Waals surface area contributed by atoms with E-state index in [9.17, 15) is 4.79 Å². The smallest absolute Gasteiger partial charge is 0.133 e. The lowest BCUT2D eigenvalue weighted by atomic mass is 9.57. The van der Waals surface area contributed by atoms with Crippen LogP contribution in [0.3, 0.4) is 0 Å². The summed E-state index contributed by atoms with van der Waals surface area (Å²) in [7, 11) is 0. The van der Waals surface area contributed by atoms with E-state index in [1.54, 1.807) is 6.92 Å². The quantitative estimate of drug-likeness (QED) is 0.556. The Morgan fingerprint density at radius 1 is 1.55 bits per heavy atom. The van der Waals surface area contributed by atoms with Crippen molar-refractivity contribution in [3.05, 3.63) is 12.2 Å². The number of rotatable bonds is 2. The van der Waals surface area contributed by atoms with Gasteiger partial charge in [-0.05, 0) is 32.1 Å². The van der Waals surface area contributed by atoms with Crippen molar-refractivity contribution in [1.82, 2.24) is 0 Å². The summed E-state index contributed by atoms with van der Waals surface area (Å²) in [5, 5.41) is 0. The average Bonchev–Trinajstić information content (AvgIpc) is 1.82. The van der Waals surface area contributed by atoms with Crippen LogP contribution in [0.4, 0.5) is 0 Å². The summed E-state index contributed by atoms with van der Waals surface area (Å²) in [4.78, 5) is 11.1. The molecule has 0 aromatic heterocycles. The summed E-state index contributed by atoms with van der Waals surface area (Å²) in [6.45, 7) is 9.78. The van der Waals surface area contributed by atoms with E-state index in [1.165, 1.54) is 0 Å². The predicted molar refractivity (Wildman–Crippen MR) is 46.3 cm³/mol. The lowest BCUT2D eigenvalue weighted by Crippen LogP contribution is -2.42. The van der Waals surface area contributed by atoms with E-state index in [0.29, 0.717) is 5.78 Å². The molecule has 62 valence electrons. The maximum atomic E-state index is 11.1. The third-order valence-electron chi connectivity index (χ3n) is 3.19. The normalized spacial score (nSPS) is 36.1. The fourth-order valence-corrected chi connectivity index (χ4v) is 1.88. The van der Waals surface area contributed by atoms with E-state index in [2.05, 4.69) is 13.5 Å². The van der Waals surface area contributed by atoms with Gasteiger partial charge in [0.1, 0.15) is 5.78 Å². The Labute approximate surface area is 68.5 Å². The van der Waals surface area contributed by atoms with E-state index < -0.39 is 0 Å². The van der Waals surface area contributed by atoms with Gasteiger partial charge in [-0.1, -0.05) is 19.1 Å². The Balaban J connectivity index is 2.75. The van der Waals surface area contributed by atoms with E-state index in [0.717, 1.165) is 18.4 Å². The summed E-state index contributed by atoms with van der Waals surface area (Å²) in [6, 6.07) is 0. The van der Waals surface area contributed by atoms with Crippen molar-refractivity contribution >= 4 is 5.78 Å². The Morgan fingerprint density at radius 2 is 2.09 bits per heavy atom. The minimum absolute atomic E-state index is 0.117. The van der Waals surface area contributed by atoms with Gasteiger partial charge in [-0.15, -0.1) is 0 Å². The highest BCUT2D eigenvalue weighted by atomic mass is 16.1. The fourth-order valence-electron chi connectivity index (χ4n) is 1.88. The van der Waals surface area contributed by atoms with E-state index in [-0.39, 0.29) is 11.3 Å². The average molecular weight is 152 g/mol. The first-order valence-corrected chi connectivity index (χ1v) is 4.15. The molecular formula is C10H16O. The van der Waals surface area contributed by atoms with Gasteiger partial charge in [0, 0.05) is 5.92 Å². The molecule has 0 aromatic rings. The second-order valence-electron chi connectivity index (χ2n) is 3.90. The molecule has 0 radical (unpaired) electrons. The standard InChI is InChI=1S/C10H16O/c1-7(2)10(4)6-5-9(10)8(3)11/h9H,1,5-6H2,2-4H3. The highest BCUT2D eigenvalue weighted by molar-refractivity contribution is 5.80. The fraction of sp³-hybridized carbons (Fsp3) is 0.700. The predicted octanol–water partition coefficient (Wildman–Crippen LogP) is 2.57. The number of Topliss-reactive ketones (excluding diaryl/α,β-unsaturated/α-hetero) is 1. The minimum atomic E-state index is 0.117. The minimum Gasteiger partial charge on any atom is -0.300 e. The first kappa shape index (κ1) is 8.51. The third-order valence-corrected chi connectivity index (χ3v) is 3.19. The SMILES string of the molecule is C=C(C)C1(C)CCC1C(C)=O. The number of carbonyl (C=O) groups excluding carboxylic acids is 1. The van der Waals surface area contributed by atoms with Crippen LogP contribution in [-0.2, 0) is 4.79 Å². The molecular weight excluding hydrogens is 136 g/mol. The van der Waals surface area contributed by atoms with Crippen LogP contribution < -0.4 is 0 Å².